The summed E-state index contributed by atoms with van der Waals surface area (Å²) in [6, 6.07) is 8.91. The summed E-state index contributed by atoms with van der Waals surface area (Å²) < 4.78 is 1.13. The zero-order valence-electron chi connectivity index (χ0n) is 9.56. The summed E-state index contributed by atoms with van der Waals surface area (Å²) in [5, 5.41) is 9.49. The van der Waals surface area contributed by atoms with Crippen molar-refractivity contribution in [2.24, 2.45) is 0 Å². The van der Waals surface area contributed by atoms with Crippen LogP contribution in [0, 0.1) is 0 Å². The van der Waals surface area contributed by atoms with Gasteiger partial charge in [-0.1, -0.05) is 28.1 Å². The topological polar surface area (TPSA) is 23.5 Å². The van der Waals surface area contributed by atoms with Crippen LogP contribution in [0.5, 0.6) is 0 Å². The summed E-state index contributed by atoms with van der Waals surface area (Å²) in [7, 11) is 0. The van der Waals surface area contributed by atoms with E-state index >= 15 is 0 Å². The lowest BCUT2D eigenvalue weighted by molar-refractivity contribution is 0.0645. The number of rotatable bonds is 2. The molecule has 88 valence electrons. The van der Waals surface area contributed by atoms with Crippen LogP contribution in [0.25, 0.3) is 0 Å². The first-order valence-electron chi connectivity index (χ1n) is 5.84. The van der Waals surface area contributed by atoms with Gasteiger partial charge in [0.15, 0.2) is 0 Å². The lowest BCUT2D eigenvalue weighted by Crippen LogP contribution is -2.37. The van der Waals surface area contributed by atoms with Crippen molar-refractivity contribution in [2.75, 3.05) is 13.1 Å². The zero-order chi connectivity index (χ0) is 11.5. The Hall–Kier alpha value is -0.380. The van der Waals surface area contributed by atoms with E-state index in [1.54, 1.807) is 0 Å². The summed E-state index contributed by atoms with van der Waals surface area (Å²) in [6.07, 6.45) is 1.71. The number of piperidine rings is 1. The molecule has 2 rings (SSSR count). The van der Waals surface area contributed by atoms with Crippen LogP contribution in [0.4, 0.5) is 0 Å². The molecule has 0 bridgehead atoms. The summed E-state index contributed by atoms with van der Waals surface area (Å²) in [5.74, 6) is 0. The first-order chi connectivity index (χ1) is 7.66. The maximum absolute atomic E-state index is 9.49. The van der Waals surface area contributed by atoms with Crippen molar-refractivity contribution in [1.29, 1.82) is 0 Å². The number of benzene rings is 1. The predicted octanol–water partition coefficient (Wildman–Crippen LogP) is 2.97. The number of nitrogens with zero attached hydrogens (tertiary/aromatic N) is 1. The van der Waals surface area contributed by atoms with Gasteiger partial charge in [0, 0.05) is 23.6 Å². The van der Waals surface area contributed by atoms with Crippen molar-refractivity contribution < 1.29 is 5.11 Å². The van der Waals surface area contributed by atoms with E-state index in [1.165, 1.54) is 5.56 Å². The molecular weight excluding hydrogens is 266 g/mol. The van der Waals surface area contributed by atoms with E-state index in [9.17, 15) is 5.11 Å². The Kier molecular flexibility index (Phi) is 4.00. The molecule has 1 aromatic rings. The zero-order valence-corrected chi connectivity index (χ0v) is 11.2. The molecule has 1 aliphatic rings. The normalized spacial score (nSPS) is 20.9. The van der Waals surface area contributed by atoms with Crippen molar-refractivity contribution in [1.82, 2.24) is 4.90 Å². The molecular formula is C13H18BrNO. The van der Waals surface area contributed by atoms with Crippen LogP contribution in [0.15, 0.2) is 28.7 Å². The fourth-order valence-electron chi connectivity index (χ4n) is 2.25. The maximum atomic E-state index is 9.49. The number of aliphatic hydroxyl groups excluding tert-OH is 1. The maximum Gasteiger partial charge on any atom is 0.0564 e. The SMILES string of the molecule is C[C@@H](c1cccc(Br)c1)N1CCC(O)CC1. The summed E-state index contributed by atoms with van der Waals surface area (Å²) in [4.78, 5) is 2.44. The molecule has 0 spiro atoms. The van der Waals surface area contributed by atoms with Crippen molar-refractivity contribution in [3.8, 4) is 0 Å². The third kappa shape index (κ3) is 2.84. The highest BCUT2D eigenvalue weighted by molar-refractivity contribution is 9.10. The second-order valence-corrected chi connectivity index (χ2v) is 5.41. The molecule has 1 saturated heterocycles. The van der Waals surface area contributed by atoms with Gasteiger partial charge in [0.1, 0.15) is 0 Å². The Morgan fingerprint density at radius 1 is 1.38 bits per heavy atom. The van der Waals surface area contributed by atoms with Crippen LogP contribution >= 0.6 is 15.9 Å². The van der Waals surface area contributed by atoms with E-state index in [4.69, 9.17) is 0 Å². The first kappa shape index (κ1) is 12.1. The second-order valence-electron chi connectivity index (χ2n) is 4.50. The highest BCUT2D eigenvalue weighted by Crippen LogP contribution is 2.25. The van der Waals surface area contributed by atoms with E-state index < -0.39 is 0 Å². The molecule has 0 radical (unpaired) electrons. The van der Waals surface area contributed by atoms with Crippen molar-refractivity contribution in [3.05, 3.63) is 34.3 Å². The number of hydrogen-bond donors (Lipinski definition) is 1. The summed E-state index contributed by atoms with van der Waals surface area (Å²) >= 11 is 3.51. The Morgan fingerprint density at radius 2 is 2.06 bits per heavy atom. The van der Waals surface area contributed by atoms with Crippen LogP contribution in [-0.4, -0.2) is 29.2 Å². The molecule has 2 nitrogen and oxygen atoms in total. The average molecular weight is 284 g/mol. The molecule has 1 aliphatic heterocycles. The molecule has 1 fully saturated rings. The number of hydrogen-bond acceptors (Lipinski definition) is 2. The van der Waals surface area contributed by atoms with E-state index in [-0.39, 0.29) is 6.10 Å². The summed E-state index contributed by atoms with van der Waals surface area (Å²) in [5.41, 5.74) is 1.34. The molecule has 0 aromatic heterocycles. The van der Waals surface area contributed by atoms with Gasteiger partial charge in [-0.3, -0.25) is 4.90 Å². The van der Waals surface area contributed by atoms with E-state index in [1.807, 2.05) is 0 Å². The van der Waals surface area contributed by atoms with Crippen LogP contribution in [0.1, 0.15) is 31.4 Å². The van der Waals surface area contributed by atoms with Gasteiger partial charge in [0.05, 0.1) is 6.10 Å². The van der Waals surface area contributed by atoms with Crippen molar-refractivity contribution in [2.45, 2.75) is 31.9 Å². The van der Waals surface area contributed by atoms with Gasteiger partial charge in [-0.15, -0.1) is 0 Å². The smallest absolute Gasteiger partial charge is 0.0564 e. The molecule has 0 unspecified atom stereocenters. The Bertz CT molecular complexity index is 348. The second kappa shape index (κ2) is 5.30. The van der Waals surface area contributed by atoms with Crippen LogP contribution in [0.2, 0.25) is 0 Å². The van der Waals surface area contributed by atoms with E-state index in [0.29, 0.717) is 6.04 Å². The lowest BCUT2D eigenvalue weighted by Gasteiger charge is -2.34. The fourth-order valence-corrected chi connectivity index (χ4v) is 2.67. The fraction of sp³-hybridized carbons (Fsp3) is 0.538. The number of halogens is 1. The minimum atomic E-state index is -0.0917. The van der Waals surface area contributed by atoms with Gasteiger partial charge < -0.3 is 5.11 Å². The van der Waals surface area contributed by atoms with Gasteiger partial charge >= 0.3 is 0 Å². The first-order valence-corrected chi connectivity index (χ1v) is 6.63. The number of aliphatic hydroxyl groups is 1. The molecule has 3 heteroatoms. The molecule has 1 N–H and O–H groups in total. The molecule has 0 aliphatic carbocycles. The largest absolute Gasteiger partial charge is 0.393 e. The van der Waals surface area contributed by atoms with Crippen molar-refractivity contribution >= 4 is 15.9 Å². The third-order valence-electron chi connectivity index (χ3n) is 3.38. The highest BCUT2D eigenvalue weighted by Gasteiger charge is 2.22. The Labute approximate surface area is 105 Å². The highest BCUT2D eigenvalue weighted by atomic mass is 79.9. The van der Waals surface area contributed by atoms with Crippen LogP contribution < -0.4 is 0 Å². The molecule has 1 heterocycles. The van der Waals surface area contributed by atoms with Gasteiger partial charge in [-0.2, -0.15) is 0 Å². The Balaban J connectivity index is 2.04. The minimum absolute atomic E-state index is 0.0917. The lowest BCUT2D eigenvalue weighted by atomic mass is 10.0. The summed E-state index contributed by atoms with van der Waals surface area (Å²) in [6.45, 7) is 4.23. The Morgan fingerprint density at radius 3 is 2.69 bits per heavy atom. The van der Waals surface area contributed by atoms with E-state index in [0.717, 1.165) is 30.4 Å². The molecule has 1 atom stereocenters. The number of likely N-dealkylation sites (tertiary alicyclic amines) is 1. The quantitative estimate of drug-likeness (QED) is 0.902. The molecule has 1 aromatic carbocycles. The average Bonchev–Trinajstić information content (AvgIpc) is 2.29. The third-order valence-corrected chi connectivity index (χ3v) is 3.87. The van der Waals surface area contributed by atoms with Gasteiger partial charge in [-0.05, 0) is 37.5 Å². The minimum Gasteiger partial charge on any atom is -0.393 e. The van der Waals surface area contributed by atoms with Gasteiger partial charge in [0.2, 0.25) is 0 Å². The van der Waals surface area contributed by atoms with Crippen LogP contribution in [0.3, 0.4) is 0 Å². The monoisotopic (exact) mass is 283 g/mol. The van der Waals surface area contributed by atoms with Crippen molar-refractivity contribution in [3.63, 3.8) is 0 Å². The predicted molar refractivity (Wildman–Crippen MR) is 69.4 cm³/mol. The van der Waals surface area contributed by atoms with Gasteiger partial charge in [-0.25, -0.2) is 0 Å². The molecule has 16 heavy (non-hydrogen) atoms. The molecule has 0 amide bonds. The van der Waals surface area contributed by atoms with Crippen LogP contribution in [-0.2, 0) is 0 Å². The van der Waals surface area contributed by atoms with Gasteiger partial charge in [0.25, 0.3) is 0 Å². The molecule has 0 saturated carbocycles. The van der Waals surface area contributed by atoms with E-state index in [2.05, 4.69) is 52.0 Å². The standard InChI is InChI=1S/C13H18BrNO/c1-10(11-3-2-4-12(14)9-11)15-7-5-13(16)6-8-15/h2-4,9-10,13,16H,5-8H2,1H3/t10-/m0/s1.